The molecule has 1 fully saturated rings. The minimum atomic E-state index is -2.61. The van der Waals surface area contributed by atoms with Crippen LogP contribution in [0.15, 0.2) is 36.4 Å². The molecular formula is C23H22Cl2F2N2O. The number of hydrogen-bond donors (Lipinski definition) is 1. The Kier molecular flexibility index (Phi) is 7.71. The molecule has 158 valence electrons. The molecule has 0 radical (unpaired) electrons. The minimum absolute atomic E-state index is 0.0765. The first-order chi connectivity index (χ1) is 14.3. The molecule has 1 heterocycles. The molecule has 0 atom stereocenters. The molecule has 1 saturated heterocycles. The fourth-order valence-corrected chi connectivity index (χ4v) is 3.75. The summed E-state index contributed by atoms with van der Waals surface area (Å²) >= 11 is 12.4. The van der Waals surface area contributed by atoms with E-state index in [1.807, 2.05) is 6.07 Å². The van der Waals surface area contributed by atoms with Gasteiger partial charge in [0, 0.05) is 34.3 Å². The van der Waals surface area contributed by atoms with Gasteiger partial charge in [0.2, 0.25) is 0 Å². The number of alkyl halides is 2. The second-order valence-electron chi connectivity index (χ2n) is 7.51. The van der Waals surface area contributed by atoms with E-state index in [0.717, 1.165) is 37.2 Å². The maximum Gasteiger partial charge on any atom is 0.300 e. The van der Waals surface area contributed by atoms with Gasteiger partial charge >= 0.3 is 5.91 Å². The van der Waals surface area contributed by atoms with Crippen molar-refractivity contribution < 1.29 is 13.6 Å². The van der Waals surface area contributed by atoms with Gasteiger partial charge in [0.15, 0.2) is 0 Å². The van der Waals surface area contributed by atoms with Gasteiger partial charge in [-0.1, -0.05) is 48.2 Å². The highest BCUT2D eigenvalue weighted by Gasteiger charge is 2.17. The fraction of sp³-hybridized carbons (Fsp3) is 0.348. The molecule has 1 aliphatic rings. The van der Waals surface area contributed by atoms with Crippen molar-refractivity contribution in [1.82, 2.24) is 4.90 Å². The molecule has 0 saturated carbocycles. The second-order valence-corrected chi connectivity index (χ2v) is 8.32. The van der Waals surface area contributed by atoms with Crippen LogP contribution in [0.3, 0.4) is 0 Å². The zero-order valence-electron chi connectivity index (χ0n) is 16.5. The average Bonchev–Trinajstić information content (AvgIpc) is 2.70. The van der Waals surface area contributed by atoms with Gasteiger partial charge in [0.1, 0.15) is 0 Å². The number of nitrogens with zero attached hydrogens (tertiary/aromatic N) is 1. The Bertz CT molecular complexity index is 977. The fourth-order valence-electron chi connectivity index (χ4n) is 3.27. The van der Waals surface area contributed by atoms with Gasteiger partial charge in [-0.2, -0.15) is 0 Å². The minimum Gasteiger partial charge on any atom is -0.315 e. The number of halogens is 4. The summed E-state index contributed by atoms with van der Waals surface area (Å²) in [5.74, 6) is 5.25. The van der Waals surface area contributed by atoms with Crippen molar-refractivity contribution >= 4 is 34.8 Å². The molecule has 0 unspecified atom stereocenters. The number of likely N-dealkylation sites (tertiary alicyclic amines) is 1. The summed E-state index contributed by atoms with van der Waals surface area (Å²) in [4.78, 5) is 14.5. The molecule has 3 rings (SSSR count). The van der Waals surface area contributed by atoms with E-state index in [2.05, 4.69) is 29.0 Å². The van der Waals surface area contributed by atoms with Crippen molar-refractivity contribution in [3.05, 3.63) is 63.1 Å². The number of piperidine rings is 1. The normalized spacial score (nSPS) is 15.0. The van der Waals surface area contributed by atoms with Crippen molar-refractivity contribution in [3.8, 4) is 11.8 Å². The first-order valence-corrected chi connectivity index (χ1v) is 10.5. The summed E-state index contributed by atoms with van der Waals surface area (Å²) < 4.78 is 25.3. The highest BCUT2D eigenvalue weighted by Crippen LogP contribution is 2.26. The Morgan fingerprint density at radius 1 is 1.17 bits per heavy atom. The first-order valence-electron chi connectivity index (χ1n) is 9.73. The standard InChI is InChI=1S/C23H22Cl2F2N2O/c1-15-8-10-29(11-9-15)14-18-4-6-19(13-21(18)25)28-22(30)7-5-16-2-3-17(23(26)27)12-20(16)24/h2-4,6,12-13,15,23H,8-11,14H2,1H3,(H,28,30). The third-order valence-corrected chi connectivity index (χ3v) is 5.80. The Morgan fingerprint density at radius 2 is 1.90 bits per heavy atom. The van der Waals surface area contributed by atoms with Crippen LogP contribution in [0.2, 0.25) is 10.0 Å². The number of rotatable bonds is 4. The van der Waals surface area contributed by atoms with Gasteiger partial charge < -0.3 is 5.32 Å². The summed E-state index contributed by atoms with van der Waals surface area (Å²) in [6.07, 6.45) is -0.225. The molecule has 0 spiro atoms. The van der Waals surface area contributed by atoms with E-state index in [1.165, 1.54) is 25.0 Å². The molecule has 0 aliphatic carbocycles. The van der Waals surface area contributed by atoms with Gasteiger partial charge in [0.05, 0.1) is 5.02 Å². The van der Waals surface area contributed by atoms with E-state index in [4.69, 9.17) is 23.2 Å². The van der Waals surface area contributed by atoms with Gasteiger partial charge in [-0.25, -0.2) is 8.78 Å². The number of amides is 1. The molecule has 1 N–H and O–H groups in total. The quantitative estimate of drug-likeness (QED) is 0.566. The molecule has 2 aromatic rings. The van der Waals surface area contributed by atoms with Crippen LogP contribution in [0, 0.1) is 17.8 Å². The summed E-state index contributed by atoms with van der Waals surface area (Å²) in [6, 6.07) is 9.15. The molecule has 7 heteroatoms. The van der Waals surface area contributed by atoms with Crippen LogP contribution >= 0.6 is 23.2 Å². The largest absolute Gasteiger partial charge is 0.315 e. The van der Waals surface area contributed by atoms with Gasteiger partial charge in [-0.05, 0) is 61.7 Å². The summed E-state index contributed by atoms with van der Waals surface area (Å²) in [5, 5.41) is 3.33. The number of carbonyl (C=O) groups excluding carboxylic acids is 1. The highest BCUT2D eigenvalue weighted by atomic mass is 35.5. The summed E-state index contributed by atoms with van der Waals surface area (Å²) in [5.41, 5.74) is 1.67. The zero-order valence-corrected chi connectivity index (χ0v) is 18.0. The van der Waals surface area contributed by atoms with E-state index in [0.29, 0.717) is 16.3 Å². The molecule has 0 aromatic heterocycles. The third kappa shape index (κ3) is 6.18. The number of carbonyl (C=O) groups is 1. The summed E-state index contributed by atoms with van der Waals surface area (Å²) in [6.45, 7) is 5.18. The monoisotopic (exact) mass is 450 g/mol. The molecule has 2 aromatic carbocycles. The Morgan fingerprint density at radius 3 is 2.53 bits per heavy atom. The van der Waals surface area contributed by atoms with Crippen LogP contribution in [0.25, 0.3) is 0 Å². The van der Waals surface area contributed by atoms with Crippen molar-refractivity contribution in [2.75, 3.05) is 18.4 Å². The number of benzene rings is 2. The van der Waals surface area contributed by atoms with Gasteiger partial charge in [-0.15, -0.1) is 0 Å². The average molecular weight is 451 g/mol. The smallest absolute Gasteiger partial charge is 0.300 e. The van der Waals surface area contributed by atoms with Crippen molar-refractivity contribution in [2.45, 2.75) is 32.7 Å². The predicted molar refractivity (Wildman–Crippen MR) is 117 cm³/mol. The first kappa shape index (κ1) is 22.6. The van der Waals surface area contributed by atoms with Crippen molar-refractivity contribution in [1.29, 1.82) is 0 Å². The number of nitrogens with one attached hydrogen (secondary N) is 1. The maximum atomic E-state index is 12.7. The number of hydrogen-bond acceptors (Lipinski definition) is 2. The Hall–Kier alpha value is -2.13. The summed E-state index contributed by atoms with van der Waals surface area (Å²) in [7, 11) is 0. The second kappa shape index (κ2) is 10.3. The van der Waals surface area contributed by atoms with E-state index < -0.39 is 12.3 Å². The van der Waals surface area contributed by atoms with E-state index in [-0.39, 0.29) is 10.6 Å². The SMILES string of the molecule is CC1CCN(Cc2ccc(NC(=O)C#Cc3ccc(C(F)F)cc3Cl)cc2Cl)CC1. The van der Waals surface area contributed by atoms with Crippen LogP contribution in [0.1, 0.15) is 42.9 Å². The van der Waals surface area contributed by atoms with Gasteiger partial charge in [0.25, 0.3) is 6.43 Å². The van der Waals surface area contributed by atoms with E-state index in [1.54, 1.807) is 12.1 Å². The lowest BCUT2D eigenvalue weighted by Gasteiger charge is -2.30. The van der Waals surface area contributed by atoms with Crippen LogP contribution in [-0.2, 0) is 11.3 Å². The van der Waals surface area contributed by atoms with Gasteiger partial charge in [-0.3, -0.25) is 9.69 Å². The lowest BCUT2D eigenvalue weighted by Crippen LogP contribution is -2.32. The van der Waals surface area contributed by atoms with E-state index >= 15 is 0 Å². The Balaban J connectivity index is 1.61. The molecule has 3 nitrogen and oxygen atoms in total. The topological polar surface area (TPSA) is 32.3 Å². The van der Waals surface area contributed by atoms with Crippen LogP contribution in [0.5, 0.6) is 0 Å². The van der Waals surface area contributed by atoms with Crippen molar-refractivity contribution in [2.24, 2.45) is 5.92 Å². The Labute approximate surface area is 185 Å². The highest BCUT2D eigenvalue weighted by molar-refractivity contribution is 6.32. The third-order valence-electron chi connectivity index (χ3n) is 5.14. The zero-order chi connectivity index (χ0) is 21.7. The van der Waals surface area contributed by atoms with Crippen molar-refractivity contribution in [3.63, 3.8) is 0 Å². The molecule has 1 amide bonds. The van der Waals surface area contributed by atoms with Crippen LogP contribution < -0.4 is 5.32 Å². The van der Waals surface area contributed by atoms with E-state index in [9.17, 15) is 13.6 Å². The van der Waals surface area contributed by atoms with Crippen LogP contribution in [-0.4, -0.2) is 23.9 Å². The lowest BCUT2D eigenvalue weighted by molar-refractivity contribution is -0.111. The maximum absolute atomic E-state index is 12.7. The molecule has 0 bridgehead atoms. The van der Waals surface area contributed by atoms with Crippen LogP contribution in [0.4, 0.5) is 14.5 Å². The number of anilines is 1. The molecular weight excluding hydrogens is 429 g/mol. The molecule has 1 aliphatic heterocycles. The molecule has 30 heavy (non-hydrogen) atoms. The lowest BCUT2D eigenvalue weighted by atomic mass is 9.99. The predicted octanol–water partition coefficient (Wildman–Crippen LogP) is 6.15.